The Labute approximate surface area is 124 Å². The average molecular weight is 331 g/mol. The Bertz CT molecular complexity index is 768. The zero-order chi connectivity index (χ0) is 14.1. The van der Waals surface area contributed by atoms with E-state index in [1.807, 2.05) is 31.2 Å². The van der Waals surface area contributed by atoms with Crippen LogP contribution in [0.4, 0.5) is 0 Å². The highest BCUT2D eigenvalue weighted by Crippen LogP contribution is 2.27. The summed E-state index contributed by atoms with van der Waals surface area (Å²) in [6.07, 6.45) is 0. The summed E-state index contributed by atoms with van der Waals surface area (Å²) in [6, 6.07) is 12.7. The number of nitrogens with zero attached hydrogens (tertiary/aromatic N) is 2. The summed E-state index contributed by atoms with van der Waals surface area (Å²) in [7, 11) is 0. The quantitative estimate of drug-likeness (QED) is 0.765. The van der Waals surface area contributed by atoms with Gasteiger partial charge in [-0.15, -0.1) is 0 Å². The highest BCUT2D eigenvalue weighted by molar-refractivity contribution is 9.10. The van der Waals surface area contributed by atoms with Crippen molar-refractivity contribution < 1.29 is 9.63 Å². The van der Waals surface area contributed by atoms with Gasteiger partial charge in [0.25, 0.3) is 5.89 Å². The van der Waals surface area contributed by atoms with Gasteiger partial charge in [-0.2, -0.15) is 4.98 Å². The van der Waals surface area contributed by atoms with Crippen molar-refractivity contribution in [1.29, 1.82) is 0 Å². The molecule has 0 atom stereocenters. The SMILES string of the molecule is Cc1cc(O)ccc1-c1nc(-c2cccc(Br)c2)no1. The molecule has 0 unspecified atom stereocenters. The van der Waals surface area contributed by atoms with Gasteiger partial charge in [-0.1, -0.05) is 33.2 Å². The number of hydrogen-bond acceptors (Lipinski definition) is 4. The second-order valence-electron chi connectivity index (χ2n) is 4.43. The molecule has 0 amide bonds. The number of phenolic OH excluding ortho intramolecular Hbond substituents is 1. The number of halogens is 1. The number of benzene rings is 2. The number of aromatic nitrogens is 2. The van der Waals surface area contributed by atoms with E-state index in [1.54, 1.807) is 18.2 Å². The van der Waals surface area contributed by atoms with E-state index in [0.29, 0.717) is 11.7 Å². The molecule has 4 nitrogen and oxygen atoms in total. The minimum absolute atomic E-state index is 0.220. The molecule has 0 bridgehead atoms. The standard InChI is InChI=1S/C15H11BrN2O2/c1-9-7-12(19)5-6-13(9)15-17-14(18-20-15)10-3-2-4-11(16)8-10/h2-8,19H,1H3. The summed E-state index contributed by atoms with van der Waals surface area (Å²) in [5.41, 5.74) is 2.58. The fourth-order valence-electron chi connectivity index (χ4n) is 1.97. The van der Waals surface area contributed by atoms with Crippen molar-refractivity contribution in [2.75, 3.05) is 0 Å². The van der Waals surface area contributed by atoms with Crippen LogP contribution in [0.2, 0.25) is 0 Å². The van der Waals surface area contributed by atoms with E-state index in [0.717, 1.165) is 21.2 Å². The fraction of sp³-hybridized carbons (Fsp3) is 0.0667. The van der Waals surface area contributed by atoms with E-state index in [-0.39, 0.29) is 5.75 Å². The van der Waals surface area contributed by atoms with Crippen molar-refractivity contribution in [1.82, 2.24) is 10.1 Å². The number of aryl methyl sites for hydroxylation is 1. The van der Waals surface area contributed by atoms with Crippen LogP contribution in [0.3, 0.4) is 0 Å². The van der Waals surface area contributed by atoms with E-state index in [4.69, 9.17) is 4.52 Å². The number of rotatable bonds is 2. The number of aromatic hydroxyl groups is 1. The molecular formula is C15H11BrN2O2. The van der Waals surface area contributed by atoms with E-state index >= 15 is 0 Å². The zero-order valence-electron chi connectivity index (χ0n) is 10.7. The van der Waals surface area contributed by atoms with Crippen molar-refractivity contribution >= 4 is 15.9 Å². The lowest BCUT2D eigenvalue weighted by molar-refractivity contribution is 0.432. The van der Waals surface area contributed by atoms with Crippen molar-refractivity contribution in [2.24, 2.45) is 0 Å². The first-order valence-corrected chi connectivity index (χ1v) is 6.82. The van der Waals surface area contributed by atoms with Crippen LogP contribution in [-0.2, 0) is 0 Å². The minimum atomic E-state index is 0.220. The molecule has 20 heavy (non-hydrogen) atoms. The lowest BCUT2D eigenvalue weighted by atomic mass is 10.1. The number of hydrogen-bond donors (Lipinski definition) is 1. The Morgan fingerprint density at radius 3 is 2.75 bits per heavy atom. The van der Waals surface area contributed by atoms with Gasteiger partial charge in [0.05, 0.1) is 0 Å². The predicted octanol–water partition coefficient (Wildman–Crippen LogP) is 4.18. The van der Waals surface area contributed by atoms with E-state index in [2.05, 4.69) is 26.1 Å². The lowest BCUT2D eigenvalue weighted by Gasteiger charge is -2.00. The second kappa shape index (κ2) is 5.09. The van der Waals surface area contributed by atoms with Crippen molar-refractivity contribution in [2.45, 2.75) is 6.92 Å². The summed E-state index contributed by atoms with van der Waals surface area (Å²) in [4.78, 5) is 4.40. The molecular weight excluding hydrogens is 320 g/mol. The van der Waals surface area contributed by atoms with Crippen LogP contribution >= 0.6 is 15.9 Å². The lowest BCUT2D eigenvalue weighted by Crippen LogP contribution is -1.84. The maximum Gasteiger partial charge on any atom is 0.258 e. The van der Waals surface area contributed by atoms with Gasteiger partial charge in [-0.3, -0.25) is 0 Å². The van der Waals surface area contributed by atoms with Gasteiger partial charge in [0.2, 0.25) is 5.82 Å². The van der Waals surface area contributed by atoms with Gasteiger partial charge in [-0.05, 0) is 42.8 Å². The largest absolute Gasteiger partial charge is 0.508 e. The van der Waals surface area contributed by atoms with Gasteiger partial charge >= 0.3 is 0 Å². The minimum Gasteiger partial charge on any atom is -0.508 e. The molecule has 0 aliphatic heterocycles. The van der Waals surface area contributed by atoms with E-state index in [9.17, 15) is 5.11 Å². The number of phenols is 1. The highest BCUT2D eigenvalue weighted by atomic mass is 79.9. The van der Waals surface area contributed by atoms with Crippen LogP contribution in [0.15, 0.2) is 51.5 Å². The average Bonchev–Trinajstić information content (AvgIpc) is 2.88. The van der Waals surface area contributed by atoms with Crippen LogP contribution in [-0.4, -0.2) is 15.2 Å². The molecule has 2 aromatic carbocycles. The smallest absolute Gasteiger partial charge is 0.258 e. The highest BCUT2D eigenvalue weighted by Gasteiger charge is 2.13. The van der Waals surface area contributed by atoms with E-state index in [1.165, 1.54) is 0 Å². The fourth-order valence-corrected chi connectivity index (χ4v) is 2.36. The van der Waals surface area contributed by atoms with Crippen LogP contribution in [0.1, 0.15) is 5.56 Å². The molecule has 0 aliphatic rings. The third kappa shape index (κ3) is 2.44. The summed E-state index contributed by atoms with van der Waals surface area (Å²) in [5.74, 6) is 1.20. The van der Waals surface area contributed by atoms with Gasteiger partial charge < -0.3 is 9.63 Å². The molecule has 1 N–H and O–H groups in total. The van der Waals surface area contributed by atoms with Crippen molar-refractivity contribution in [3.8, 4) is 28.6 Å². The Hall–Kier alpha value is -2.14. The van der Waals surface area contributed by atoms with Crippen LogP contribution in [0, 0.1) is 6.92 Å². The molecule has 3 rings (SSSR count). The molecule has 0 fully saturated rings. The second-order valence-corrected chi connectivity index (χ2v) is 5.35. The van der Waals surface area contributed by atoms with Gasteiger partial charge in [0, 0.05) is 15.6 Å². The van der Waals surface area contributed by atoms with Crippen LogP contribution in [0.5, 0.6) is 5.75 Å². The molecule has 100 valence electrons. The third-order valence-electron chi connectivity index (χ3n) is 2.95. The molecule has 0 spiro atoms. The summed E-state index contributed by atoms with van der Waals surface area (Å²) >= 11 is 3.42. The van der Waals surface area contributed by atoms with Gasteiger partial charge in [0.1, 0.15) is 5.75 Å². The molecule has 3 aromatic rings. The van der Waals surface area contributed by atoms with Crippen molar-refractivity contribution in [3.05, 3.63) is 52.5 Å². The maximum atomic E-state index is 9.43. The molecule has 5 heteroatoms. The Morgan fingerprint density at radius 2 is 2.00 bits per heavy atom. The molecule has 0 aliphatic carbocycles. The molecule has 1 aromatic heterocycles. The summed E-state index contributed by atoms with van der Waals surface area (Å²) in [6.45, 7) is 1.89. The Morgan fingerprint density at radius 1 is 1.15 bits per heavy atom. The monoisotopic (exact) mass is 330 g/mol. The van der Waals surface area contributed by atoms with Gasteiger partial charge in [-0.25, -0.2) is 0 Å². The van der Waals surface area contributed by atoms with Crippen LogP contribution in [0.25, 0.3) is 22.8 Å². The normalized spacial score (nSPS) is 10.7. The zero-order valence-corrected chi connectivity index (χ0v) is 12.3. The topological polar surface area (TPSA) is 59.2 Å². The third-order valence-corrected chi connectivity index (χ3v) is 3.44. The molecule has 1 heterocycles. The first-order valence-electron chi connectivity index (χ1n) is 6.03. The first-order chi connectivity index (χ1) is 9.63. The van der Waals surface area contributed by atoms with Gasteiger partial charge in [0.15, 0.2) is 0 Å². The summed E-state index contributed by atoms with van der Waals surface area (Å²) in [5, 5.41) is 13.4. The van der Waals surface area contributed by atoms with E-state index < -0.39 is 0 Å². The molecule has 0 radical (unpaired) electrons. The molecule has 0 saturated carbocycles. The first kappa shape index (κ1) is 12.9. The Kier molecular flexibility index (Phi) is 3.28. The Balaban J connectivity index is 2.02. The predicted molar refractivity (Wildman–Crippen MR) is 79.3 cm³/mol. The van der Waals surface area contributed by atoms with Crippen molar-refractivity contribution in [3.63, 3.8) is 0 Å². The maximum absolute atomic E-state index is 9.43. The summed E-state index contributed by atoms with van der Waals surface area (Å²) < 4.78 is 6.27. The molecule has 0 saturated heterocycles. The van der Waals surface area contributed by atoms with Crippen LogP contribution < -0.4 is 0 Å².